The molecule has 11 heteroatoms. The van der Waals surface area contributed by atoms with Gasteiger partial charge in [-0.25, -0.2) is 13.4 Å². The predicted octanol–water partition coefficient (Wildman–Crippen LogP) is 5.18. The number of rotatable bonds is 6. The van der Waals surface area contributed by atoms with Gasteiger partial charge in [0.15, 0.2) is 5.82 Å². The van der Waals surface area contributed by atoms with E-state index in [9.17, 15) is 8.42 Å². The van der Waals surface area contributed by atoms with Crippen LogP contribution in [-0.4, -0.2) is 28.2 Å². The van der Waals surface area contributed by atoms with Gasteiger partial charge in [0.25, 0.3) is 10.0 Å². The smallest absolute Gasteiger partial charge is 0.263 e. The third-order valence-electron chi connectivity index (χ3n) is 4.64. The SMILES string of the molecule is Cc1ncn(-c2ccc(Oc3ccc(NS(=O)(=O)c4cc(Cl)ccc4Cl)cc3)nn2)c1C. The van der Waals surface area contributed by atoms with Crippen molar-refractivity contribution < 1.29 is 13.2 Å². The fourth-order valence-electron chi connectivity index (χ4n) is 2.83. The van der Waals surface area contributed by atoms with Crippen molar-refractivity contribution in [1.82, 2.24) is 19.7 Å². The van der Waals surface area contributed by atoms with E-state index in [1.54, 1.807) is 42.7 Å². The molecule has 0 atom stereocenters. The molecule has 0 unspecified atom stereocenters. The number of sulfonamides is 1. The molecule has 0 aliphatic heterocycles. The highest BCUT2D eigenvalue weighted by molar-refractivity contribution is 7.92. The Morgan fingerprint density at radius 3 is 2.34 bits per heavy atom. The molecule has 0 saturated carbocycles. The number of imidazole rings is 1. The first-order valence-corrected chi connectivity index (χ1v) is 11.6. The molecule has 0 radical (unpaired) electrons. The van der Waals surface area contributed by atoms with Crippen molar-refractivity contribution in [3.05, 3.63) is 82.4 Å². The van der Waals surface area contributed by atoms with Gasteiger partial charge < -0.3 is 4.74 Å². The lowest BCUT2D eigenvalue weighted by Crippen LogP contribution is -2.13. The summed E-state index contributed by atoms with van der Waals surface area (Å²) in [6.07, 6.45) is 1.69. The summed E-state index contributed by atoms with van der Waals surface area (Å²) >= 11 is 11.9. The zero-order valence-electron chi connectivity index (χ0n) is 17.0. The number of hydrogen-bond donors (Lipinski definition) is 1. The van der Waals surface area contributed by atoms with E-state index in [-0.39, 0.29) is 14.9 Å². The van der Waals surface area contributed by atoms with E-state index in [0.717, 1.165) is 11.4 Å². The summed E-state index contributed by atoms with van der Waals surface area (Å²) in [6.45, 7) is 3.87. The molecular weight excluding hydrogens is 473 g/mol. The van der Waals surface area contributed by atoms with Gasteiger partial charge in [-0.15, -0.1) is 10.2 Å². The van der Waals surface area contributed by atoms with Gasteiger partial charge in [0.05, 0.1) is 10.7 Å². The number of aromatic nitrogens is 4. The third-order valence-corrected chi connectivity index (χ3v) is 6.73. The first-order chi connectivity index (χ1) is 15.2. The van der Waals surface area contributed by atoms with Gasteiger partial charge in [-0.1, -0.05) is 23.2 Å². The van der Waals surface area contributed by atoms with Crippen LogP contribution in [0.4, 0.5) is 5.69 Å². The van der Waals surface area contributed by atoms with Gasteiger partial charge >= 0.3 is 0 Å². The van der Waals surface area contributed by atoms with Crippen LogP contribution < -0.4 is 9.46 Å². The molecule has 8 nitrogen and oxygen atoms in total. The maximum atomic E-state index is 12.6. The average Bonchev–Trinajstić information content (AvgIpc) is 3.10. The van der Waals surface area contributed by atoms with Crippen LogP contribution in [0.1, 0.15) is 11.4 Å². The zero-order valence-corrected chi connectivity index (χ0v) is 19.3. The number of aryl methyl sites for hydroxylation is 1. The summed E-state index contributed by atoms with van der Waals surface area (Å²) in [6, 6.07) is 14.0. The molecule has 164 valence electrons. The number of nitrogens with one attached hydrogen (secondary N) is 1. The van der Waals surface area contributed by atoms with Gasteiger partial charge in [0, 0.05) is 22.5 Å². The van der Waals surface area contributed by atoms with E-state index in [4.69, 9.17) is 27.9 Å². The number of anilines is 1. The second-order valence-electron chi connectivity index (χ2n) is 6.82. The van der Waals surface area contributed by atoms with Gasteiger partial charge in [0.1, 0.15) is 17.0 Å². The minimum absolute atomic E-state index is 0.0740. The van der Waals surface area contributed by atoms with Crippen LogP contribution >= 0.6 is 23.2 Å². The molecule has 0 amide bonds. The van der Waals surface area contributed by atoms with Crippen molar-refractivity contribution in [1.29, 1.82) is 0 Å². The fourth-order valence-corrected chi connectivity index (χ4v) is 4.65. The quantitative estimate of drug-likeness (QED) is 0.400. The molecule has 2 heterocycles. The van der Waals surface area contributed by atoms with Gasteiger partial charge in [-0.05, 0) is 62.4 Å². The average molecular weight is 490 g/mol. The van der Waals surface area contributed by atoms with Crippen molar-refractivity contribution in [2.75, 3.05) is 4.72 Å². The Hall–Kier alpha value is -3.14. The molecular formula is C21H17Cl2N5O3S. The highest BCUT2D eigenvalue weighted by atomic mass is 35.5. The highest BCUT2D eigenvalue weighted by Crippen LogP contribution is 2.28. The van der Waals surface area contributed by atoms with Crippen LogP contribution in [0.3, 0.4) is 0 Å². The monoisotopic (exact) mass is 489 g/mol. The topological polar surface area (TPSA) is 99.0 Å². The van der Waals surface area contributed by atoms with Crippen molar-refractivity contribution in [3.63, 3.8) is 0 Å². The molecule has 2 aromatic carbocycles. The Kier molecular flexibility index (Phi) is 6.05. The summed E-state index contributed by atoms with van der Waals surface area (Å²) in [4.78, 5) is 4.14. The minimum atomic E-state index is -3.91. The summed E-state index contributed by atoms with van der Waals surface area (Å²) in [5, 5.41) is 8.59. The van der Waals surface area contributed by atoms with E-state index >= 15 is 0 Å². The largest absolute Gasteiger partial charge is 0.438 e. The molecule has 4 rings (SSSR count). The van der Waals surface area contributed by atoms with Crippen molar-refractivity contribution in [2.45, 2.75) is 18.7 Å². The Bertz CT molecular complexity index is 1370. The number of ether oxygens (including phenoxy) is 1. The summed E-state index contributed by atoms with van der Waals surface area (Å²) < 4.78 is 35.2. The lowest BCUT2D eigenvalue weighted by molar-refractivity contribution is 0.454. The lowest BCUT2D eigenvalue weighted by Gasteiger charge is -2.11. The van der Waals surface area contributed by atoms with E-state index in [2.05, 4.69) is 19.9 Å². The maximum Gasteiger partial charge on any atom is 0.263 e. The molecule has 0 bridgehead atoms. The molecule has 0 spiro atoms. The fraction of sp³-hybridized carbons (Fsp3) is 0.0952. The number of nitrogens with zero attached hydrogens (tertiary/aromatic N) is 4. The second kappa shape index (κ2) is 8.78. The first-order valence-electron chi connectivity index (χ1n) is 9.33. The molecule has 0 aliphatic carbocycles. The van der Waals surface area contributed by atoms with Gasteiger partial charge in [0.2, 0.25) is 5.88 Å². The molecule has 32 heavy (non-hydrogen) atoms. The normalized spacial score (nSPS) is 11.4. The van der Waals surface area contributed by atoms with Gasteiger partial charge in [-0.2, -0.15) is 0 Å². The Morgan fingerprint density at radius 1 is 0.969 bits per heavy atom. The van der Waals surface area contributed by atoms with E-state index in [1.807, 2.05) is 18.4 Å². The van der Waals surface area contributed by atoms with Crippen LogP contribution in [0.5, 0.6) is 11.6 Å². The van der Waals surface area contributed by atoms with Crippen LogP contribution in [0, 0.1) is 13.8 Å². The molecule has 0 fully saturated rings. The Balaban J connectivity index is 1.46. The number of hydrogen-bond acceptors (Lipinski definition) is 6. The van der Waals surface area contributed by atoms with E-state index < -0.39 is 10.0 Å². The van der Waals surface area contributed by atoms with E-state index in [0.29, 0.717) is 23.1 Å². The van der Waals surface area contributed by atoms with Crippen molar-refractivity contribution >= 4 is 38.9 Å². The van der Waals surface area contributed by atoms with Gasteiger partial charge in [-0.3, -0.25) is 9.29 Å². The van der Waals surface area contributed by atoms with Crippen molar-refractivity contribution in [2.24, 2.45) is 0 Å². The summed E-state index contributed by atoms with van der Waals surface area (Å²) in [7, 11) is -3.91. The molecule has 0 aliphatic rings. The van der Waals surface area contributed by atoms with Crippen LogP contribution in [0.2, 0.25) is 10.0 Å². The zero-order chi connectivity index (χ0) is 22.9. The highest BCUT2D eigenvalue weighted by Gasteiger charge is 2.18. The molecule has 0 saturated heterocycles. The number of benzene rings is 2. The Labute approximate surface area is 194 Å². The maximum absolute atomic E-state index is 12.6. The second-order valence-corrected chi connectivity index (χ2v) is 9.32. The number of halogens is 2. The third kappa shape index (κ3) is 4.69. The van der Waals surface area contributed by atoms with Crippen LogP contribution in [-0.2, 0) is 10.0 Å². The molecule has 1 N–H and O–H groups in total. The lowest BCUT2D eigenvalue weighted by atomic mass is 10.3. The molecule has 2 aromatic heterocycles. The summed E-state index contributed by atoms with van der Waals surface area (Å²) in [5.41, 5.74) is 2.23. The Morgan fingerprint density at radius 2 is 1.72 bits per heavy atom. The predicted molar refractivity (Wildman–Crippen MR) is 122 cm³/mol. The molecule has 4 aromatic rings. The van der Waals surface area contributed by atoms with Crippen molar-refractivity contribution in [3.8, 4) is 17.4 Å². The first kappa shape index (κ1) is 22.1. The van der Waals surface area contributed by atoms with Crippen LogP contribution in [0.15, 0.2) is 65.8 Å². The minimum Gasteiger partial charge on any atom is -0.438 e. The van der Waals surface area contributed by atoms with E-state index in [1.165, 1.54) is 18.2 Å². The summed E-state index contributed by atoms with van der Waals surface area (Å²) in [5.74, 6) is 1.38. The standard InChI is InChI=1S/C21H17Cl2N5O3S/c1-13-14(2)28(12-24-13)20-9-10-21(26-25-20)31-17-6-4-16(5-7-17)27-32(29,30)19-11-15(22)3-8-18(19)23/h3-12,27H,1-2H3. The van der Waals surface area contributed by atoms with Crippen LogP contribution in [0.25, 0.3) is 5.82 Å².